The first-order chi connectivity index (χ1) is 8.25. The van der Waals surface area contributed by atoms with Gasteiger partial charge in [-0.1, -0.05) is 32.6 Å². The first kappa shape index (κ1) is 12.7. The molecule has 0 atom stereocenters. The summed E-state index contributed by atoms with van der Waals surface area (Å²) < 4.78 is 5.41. The number of hydrogen-bond donors (Lipinski definition) is 1. The predicted molar refractivity (Wildman–Crippen MR) is 70.9 cm³/mol. The second-order valence-corrected chi connectivity index (χ2v) is 5.62. The number of aryl methyl sites for hydroxylation is 1. The molecule has 1 aromatic heterocycles. The van der Waals surface area contributed by atoms with Crippen LogP contribution in [0.15, 0.2) is 16.7 Å². The van der Waals surface area contributed by atoms with Gasteiger partial charge in [0.25, 0.3) is 0 Å². The van der Waals surface area contributed by atoms with Crippen molar-refractivity contribution < 1.29 is 4.42 Å². The summed E-state index contributed by atoms with van der Waals surface area (Å²) in [6.45, 7) is 6.48. The van der Waals surface area contributed by atoms with Crippen molar-refractivity contribution in [2.75, 3.05) is 6.54 Å². The Morgan fingerprint density at radius 3 is 2.71 bits per heavy atom. The molecular weight excluding hydrogens is 210 g/mol. The van der Waals surface area contributed by atoms with E-state index in [1.165, 1.54) is 37.7 Å². The van der Waals surface area contributed by atoms with Gasteiger partial charge in [0.2, 0.25) is 0 Å². The van der Waals surface area contributed by atoms with Gasteiger partial charge in [-0.2, -0.15) is 0 Å². The van der Waals surface area contributed by atoms with Crippen molar-refractivity contribution >= 4 is 0 Å². The molecule has 0 aromatic carbocycles. The SMILES string of the molecule is Cc1ccoc1CNCCC1CCC(C)CC1. The standard InChI is InChI=1S/C15H25NO/c1-12-3-5-14(6-4-12)7-9-16-11-15-13(2)8-10-17-15/h8,10,12,14,16H,3-7,9,11H2,1-2H3. The molecule has 0 spiro atoms. The maximum Gasteiger partial charge on any atom is 0.120 e. The van der Waals surface area contributed by atoms with E-state index in [1.807, 2.05) is 6.07 Å². The van der Waals surface area contributed by atoms with Crippen LogP contribution in [0.5, 0.6) is 0 Å². The quantitative estimate of drug-likeness (QED) is 0.783. The van der Waals surface area contributed by atoms with Gasteiger partial charge in [0.1, 0.15) is 5.76 Å². The molecule has 0 bridgehead atoms. The highest BCUT2D eigenvalue weighted by atomic mass is 16.3. The molecular formula is C15H25NO. The lowest BCUT2D eigenvalue weighted by atomic mass is 9.81. The summed E-state index contributed by atoms with van der Waals surface area (Å²) in [4.78, 5) is 0. The molecule has 96 valence electrons. The van der Waals surface area contributed by atoms with Crippen molar-refractivity contribution in [1.29, 1.82) is 0 Å². The van der Waals surface area contributed by atoms with Crippen molar-refractivity contribution in [3.05, 3.63) is 23.7 Å². The molecule has 0 unspecified atom stereocenters. The van der Waals surface area contributed by atoms with Crippen LogP contribution in [0, 0.1) is 18.8 Å². The predicted octanol–water partition coefficient (Wildman–Crippen LogP) is 3.89. The number of furan rings is 1. The van der Waals surface area contributed by atoms with Crippen LogP contribution < -0.4 is 5.32 Å². The van der Waals surface area contributed by atoms with Gasteiger partial charge in [-0.3, -0.25) is 0 Å². The fourth-order valence-corrected chi connectivity index (χ4v) is 2.71. The number of rotatable bonds is 5. The third-order valence-electron chi connectivity index (χ3n) is 4.12. The zero-order chi connectivity index (χ0) is 12.1. The van der Waals surface area contributed by atoms with Gasteiger partial charge in [-0.25, -0.2) is 0 Å². The first-order valence-corrected chi connectivity index (χ1v) is 6.99. The zero-order valence-electron chi connectivity index (χ0n) is 11.2. The van der Waals surface area contributed by atoms with E-state index in [9.17, 15) is 0 Å². The highest BCUT2D eigenvalue weighted by Crippen LogP contribution is 2.29. The highest BCUT2D eigenvalue weighted by Gasteiger charge is 2.17. The van der Waals surface area contributed by atoms with E-state index in [-0.39, 0.29) is 0 Å². The molecule has 0 aliphatic heterocycles. The number of hydrogen-bond acceptors (Lipinski definition) is 2. The second-order valence-electron chi connectivity index (χ2n) is 5.62. The van der Waals surface area contributed by atoms with Gasteiger partial charge in [-0.15, -0.1) is 0 Å². The van der Waals surface area contributed by atoms with Crippen LogP contribution in [0.1, 0.15) is 50.4 Å². The topological polar surface area (TPSA) is 25.2 Å². The minimum absolute atomic E-state index is 0.877. The molecule has 2 heteroatoms. The van der Waals surface area contributed by atoms with E-state index in [2.05, 4.69) is 19.2 Å². The Morgan fingerprint density at radius 2 is 2.06 bits per heavy atom. The van der Waals surface area contributed by atoms with Gasteiger partial charge in [-0.05, 0) is 43.4 Å². The average molecular weight is 235 g/mol. The van der Waals surface area contributed by atoms with Crippen LogP contribution in [0.3, 0.4) is 0 Å². The van der Waals surface area contributed by atoms with Gasteiger partial charge >= 0.3 is 0 Å². The summed E-state index contributed by atoms with van der Waals surface area (Å²) in [6, 6.07) is 2.03. The molecule has 1 saturated carbocycles. The molecule has 1 aromatic rings. The molecule has 17 heavy (non-hydrogen) atoms. The van der Waals surface area contributed by atoms with Crippen molar-refractivity contribution in [2.45, 2.75) is 52.5 Å². The Morgan fingerprint density at radius 1 is 1.29 bits per heavy atom. The summed E-state index contributed by atoms with van der Waals surface area (Å²) in [5, 5.41) is 3.49. The molecule has 0 amide bonds. The Bertz CT molecular complexity index is 323. The van der Waals surface area contributed by atoms with Crippen molar-refractivity contribution in [3.8, 4) is 0 Å². The third kappa shape index (κ3) is 3.88. The van der Waals surface area contributed by atoms with Crippen LogP contribution in [0.25, 0.3) is 0 Å². The van der Waals surface area contributed by atoms with Gasteiger partial charge in [0, 0.05) is 0 Å². The largest absolute Gasteiger partial charge is 0.468 e. The van der Waals surface area contributed by atoms with Crippen molar-refractivity contribution in [2.24, 2.45) is 11.8 Å². The van der Waals surface area contributed by atoms with E-state index >= 15 is 0 Å². The fourth-order valence-electron chi connectivity index (χ4n) is 2.71. The average Bonchev–Trinajstić information content (AvgIpc) is 2.73. The summed E-state index contributed by atoms with van der Waals surface area (Å²) in [6.07, 6.45) is 8.83. The lowest BCUT2D eigenvalue weighted by molar-refractivity contribution is 0.274. The zero-order valence-corrected chi connectivity index (χ0v) is 11.2. The van der Waals surface area contributed by atoms with Crippen molar-refractivity contribution in [1.82, 2.24) is 5.32 Å². The van der Waals surface area contributed by atoms with Gasteiger partial charge in [0.05, 0.1) is 12.8 Å². The van der Waals surface area contributed by atoms with Crippen LogP contribution in [0.2, 0.25) is 0 Å². The molecule has 1 aliphatic rings. The maximum atomic E-state index is 5.41. The molecule has 1 fully saturated rings. The molecule has 0 radical (unpaired) electrons. The van der Waals surface area contributed by atoms with Gasteiger partial charge in [0.15, 0.2) is 0 Å². The van der Waals surface area contributed by atoms with Crippen molar-refractivity contribution in [3.63, 3.8) is 0 Å². The van der Waals surface area contributed by atoms with Crippen LogP contribution in [-0.4, -0.2) is 6.54 Å². The molecule has 1 N–H and O–H groups in total. The summed E-state index contributed by atoms with van der Waals surface area (Å²) in [5.41, 5.74) is 1.25. The lowest BCUT2D eigenvalue weighted by Gasteiger charge is -2.26. The Hall–Kier alpha value is -0.760. The molecule has 0 saturated heterocycles. The summed E-state index contributed by atoms with van der Waals surface area (Å²) in [5.74, 6) is 3.00. The molecule has 1 heterocycles. The third-order valence-corrected chi connectivity index (χ3v) is 4.12. The summed E-state index contributed by atoms with van der Waals surface area (Å²) in [7, 11) is 0. The minimum atomic E-state index is 0.877. The van der Waals surface area contributed by atoms with E-state index in [1.54, 1.807) is 6.26 Å². The summed E-state index contributed by atoms with van der Waals surface area (Å²) >= 11 is 0. The maximum absolute atomic E-state index is 5.41. The smallest absolute Gasteiger partial charge is 0.120 e. The first-order valence-electron chi connectivity index (χ1n) is 6.99. The monoisotopic (exact) mass is 235 g/mol. The second kappa shape index (κ2) is 6.25. The fraction of sp³-hybridized carbons (Fsp3) is 0.733. The molecule has 1 aliphatic carbocycles. The molecule has 2 rings (SSSR count). The van der Waals surface area contributed by atoms with E-state index in [0.29, 0.717) is 0 Å². The molecule has 2 nitrogen and oxygen atoms in total. The number of nitrogens with one attached hydrogen (secondary N) is 1. The Balaban J connectivity index is 1.59. The van der Waals surface area contributed by atoms with Crippen LogP contribution >= 0.6 is 0 Å². The van der Waals surface area contributed by atoms with Gasteiger partial charge < -0.3 is 9.73 Å². The van der Waals surface area contributed by atoms with Crippen LogP contribution in [-0.2, 0) is 6.54 Å². The minimum Gasteiger partial charge on any atom is -0.468 e. The Labute approximate surface area is 105 Å². The van der Waals surface area contributed by atoms with E-state index in [4.69, 9.17) is 4.42 Å². The lowest BCUT2D eigenvalue weighted by Crippen LogP contribution is -2.20. The van der Waals surface area contributed by atoms with E-state index in [0.717, 1.165) is 30.7 Å². The normalized spacial score (nSPS) is 25.1. The highest BCUT2D eigenvalue weighted by molar-refractivity contribution is 5.13. The Kier molecular flexibility index (Phi) is 4.66. The van der Waals surface area contributed by atoms with Crippen LogP contribution in [0.4, 0.5) is 0 Å². The van der Waals surface area contributed by atoms with E-state index < -0.39 is 0 Å².